The summed E-state index contributed by atoms with van der Waals surface area (Å²) in [5.41, 5.74) is 4.07. The third-order valence-corrected chi connectivity index (χ3v) is 4.74. The lowest BCUT2D eigenvalue weighted by molar-refractivity contribution is 0.476. The Morgan fingerprint density at radius 2 is 1.71 bits per heavy atom. The minimum Gasteiger partial charge on any atom is -0.508 e. The summed E-state index contributed by atoms with van der Waals surface area (Å²) in [5, 5.41) is 15.5. The second kappa shape index (κ2) is 6.50. The lowest BCUT2D eigenvalue weighted by Gasteiger charge is -2.25. The molecule has 4 rings (SSSR count). The molecule has 0 aromatic heterocycles. The lowest BCUT2D eigenvalue weighted by atomic mass is 9.91. The number of hydrogen-bond donors (Lipinski definition) is 2. The third-order valence-electron chi connectivity index (χ3n) is 4.74. The van der Waals surface area contributed by atoms with Gasteiger partial charge in [-0.25, -0.2) is 0 Å². The van der Waals surface area contributed by atoms with Gasteiger partial charge in [-0.2, -0.15) is 0 Å². The van der Waals surface area contributed by atoms with E-state index in [-0.39, 0.29) is 0 Å². The van der Waals surface area contributed by atoms with Crippen molar-refractivity contribution >= 4 is 16.3 Å². The smallest absolute Gasteiger partial charge is 0.116 e. The number of aromatic hydroxyl groups is 1. The monoisotopic (exact) mass is 315 g/mol. The Morgan fingerprint density at radius 3 is 2.58 bits per heavy atom. The zero-order valence-electron chi connectivity index (χ0n) is 13.6. The maximum Gasteiger partial charge on any atom is 0.116 e. The Bertz CT molecular complexity index is 883. The average Bonchev–Trinajstić information content (AvgIpc) is 2.62. The summed E-state index contributed by atoms with van der Waals surface area (Å²) >= 11 is 0. The van der Waals surface area contributed by atoms with Crippen LogP contribution in [-0.2, 0) is 6.42 Å². The Labute approximate surface area is 142 Å². The van der Waals surface area contributed by atoms with E-state index < -0.39 is 0 Å². The van der Waals surface area contributed by atoms with Crippen LogP contribution in [0.2, 0.25) is 0 Å². The van der Waals surface area contributed by atoms with Crippen LogP contribution in [0.1, 0.15) is 17.5 Å². The minimum atomic E-state index is 0.319. The van der Waals surface area contributed by atoms with E-state index in [0.29, 0.717) is 11.8 Å². The Morgan fingerprint density at radius 1 is 0.917 bits per heavy atom. The highest BCUT2D eigenvalue weighted by Crippen LogP contribution is 2.28. The van der Waals surface area contributed by atoms with Crippen molar-refractivity contribution in [3.05, 3.63) is 83.9 Å². The molecule has 0 saturated heterocycles. The Kier molecular flexibility index (Phi) is 4.06. The van der Waals surface area contributed by atoms with E-state index in [4.69, 9.17) is 0 Å². The number of phenolic OH excluding ortho intramolecular Hbond substituents is 1. The second-order valence-corrected chi connectivity index (χ2v) is 6.47. The van der Waals surface area contributed by atoms with Crippen LogP contribution in [-0.4, -0.2) is 17.7 Å². The fourth-order valence-corrected chi connectivity index (χ4v) is 3.48. The van der Waals surface area contributed by atoms with E-state index in [1.54, 1.807) is 6.07 Å². The first-order chi connectivity index (χ1) is 11.8. The molecule has 2 N–H and O–H groups in total. The molecule has 24 heavy (non-hydrogen) atoms. The average molecular weight is 315 g/mol. The quantitative estimate of drug-likeness (QED) is 0.744. The summed E-state index contributed by atoms with van der Waals surface area (Å²) in [7, 11) is 0. The number of phenols is 1. The second-order valence-electron chi connectivity index (χ2n) is 6.47. The molecule has 0 fully saturated rings. The highest BCUT2D eigenvalue weighted by molar-refractivity contribution is 5.87. The molecule has 1 unspecified atom stereocenters. The molecule has 0 saturated carbocycles. The van der Waals surface area contributed by atoms with Gasteiger partial charge in [0.1, 0.15) is 5.75 Å². The van der Waals surface area contributed by atoms with E-state index in [0.717, 1.165) is 24.8 Å². The van der Waals surface area contributed by atoms with Gasteiger partial charge in [0, 0.05) is 12.6 Å². The first kappa shape index (κ1) is 15.0. The number of fused-ring (bicyclic) bond motifs is 1. The third kappa shape index (κ3) is 3.19. The maximum absolute atomic E-state index is 9.60. The SMILES string of the molecule is Oc1ccc2cc(C3=CCNC(Cc4ccccc4)C3)ccc2c1. The van der Waals surface area contributed by atoms with Crippen LogP contribution in [0, 0.1) is 0 Å². The predicted octanol–water partition coefficient (Wildman–Crippen LogP) is 4.53. The maximum atomic E-state index is 9.60. The van der Waals surface area contributed by atoms with Crippen LogP contribution < -0.4 is 5.32 Å². The van der Waals surface area contributed by atoms with Crippen LogP contribution in [0.5, 0.6) is 5.75 Å². The lowest BCUT2D eigenvalue weighted by Crippen LogP contribution is -2.34. The van der Waals surface area contributed by atoms with Crippen LogP contribution in [0.15, 0.2) is 72.8 Å². The summed E-state index contributed by atoms with van der Waals surface area (Å²) in [6.07, 6.45) is 4.39. The van der Waals surface area contributed by atoms with E-state index in [1.807, 2.05) is 12.1 Å². The molecule has 1 heterocycles. The van der Waals surface area contributed by atoms with Crippen LogP contribution in [0.3, 0.4) is 0 Å². The van der Waals surface area contributed by atoms with Gasteiger partial charge in [-0.3, -0.25) is 0 Å². The number of rotatable bonds is 3. The Hall–Kier alpha value is -2.58. The summed E-state index contributed by atoms with van der Waals surface area (Å²) in [6, 6.07) is 23.2. The van der Waals surface area contributed by atoms with Gasteiger partial charge in [-0.05, 0) is 58.5 Å². The van der Waals surface area contributed by atoms with Crippen molar-refractivity contribution in [3.63, 3.8) is 0 Å². The fourth-order valence-electron chi connectivity index (χ4n) is 3.48. The van der Waals surface area contributed by atoms with Gasteiger partial charge in [0.05, 0.1) is 0 Å². The molecular weight excluding hydrogens is 294 g/mol. The molecule has 0 radical (unpaired) electrons. The first-order valence-electron chi connectivity index (χ1n) is 8.47. The van der Waals surface area contributed by atoms with Crippen molar-refractivity contribution in [3.8, 4) is 5.75 Å². The van der Waals surface area contributed by atoms with Crippen molar-refractivity contribution in [1.29, 1.82) is 0 Å². The van der Waals surface area contributed by atoms with Crippen molar-refractivity contribution in [1.82, 2.24) is 5.32 Å². The van der Waals surface area contributed by atoms with Gasteiger partial charge in [0.25, 0.3) is 0 Å². The number of hydrogen-bond acceptors (Lipinski definition) is 2. The van der Waals surface area contributed by atoms with Crippen LogP contribution in [0.25, 0.3) is 16.3 Å². The van der Waals surface area contributed by atoms with E-state index in [2.05, 4.69) is 59.9 Å². The van der Waals surface area contributed by atoms with E-state index in [9.17, 15) is 5.11 Å². The molecule has 0 bridgehead atoms. The molecule has 1 atom stereocenters. The molecule has 2 nitrogen and oxygen atoms in total. The largest absolute Gasteiger partial charge is 0.508 e. The number of nitrogens with one attached hydrogen (secondary N) is 1. The van der Waals surface area contributed by atoms with E-state index >= 15 is 0 Å². The summed E-state index contributed by atoms with van der Waals surface area (Å²) in [6.45, 7) is 0.917. The van der Waals surface area contributed by atoms with Gasteiger partial charge in [0.2, 0.25) is 0 Å². The minimum absolute atomic E-state index is 0.319. The van der Waals surface area contributed by atoms with Gasteiger partial charge in [0.15, 0.2) is 0 Å². The molecule has 3 aromatic rings. The molecule has 0 amide bonds. The van der Waals surface area contributed by atoms with Gasteiger partial charge in [-0.15, -0.1) is 0 Å². The van der Waals surface area contributed by atoms with Crippen LogP contribution >= 0.6 is 0 Å². The summed E-state index contributed by atoms with van der Waals surface area (Å²) < 4.78 is 0. The van der Waals surface area contributed by atoms with Crippen molar-refractivity contribution in [2.24, 2.45) is 0 Å². The molecular formula is C22H21NO. The van der Waals surface area contributed by atoms with Crippen molar-refractivity contribution in [2.75, 3.05) is 6.54 Å². The Balaban J connectivity index is 1.55. The number of benzene rings is 3. The highest BCUT2D eigenvalue weighted by atomic mass is 16.3. The molecule has 120 valence electrons. The topological polar surface area (TPSA) is 32.3 Å². The van der Waals surface area contributed by atoms with Gasteiger partial charge in [-0.1, -0.05) is 54.6 Å². The standard InChI is InChI=1S/C22H21NO/c24-22-9-8-18-13-17(6-7-19(18)15-22)20-10-11-23-21(14-20)12-16-4-2-1-3-5-16/h1-10,13,15,21,23-24H,11-12,14H2. The zero-order chi connectivity index (χ0) is 16.4. The van der Waals surface area contributed by atoms with Gasteiger partial charge < -0.3 is 10.4 Å². The molecule has 1 aliphatic rings. The predicted molar refractivity (Wildman–Crippen MR) is 100 cm³/mol. The first-order valence-corrected chi connectivity index (χ1v) is 8.47. The summed E-state index contributed by atoms with van der Waals surface area (Å²) in [5.74, 6) is 0.319. The molecule has 3 aromatic carbocycles. The molecule has 2 heteroatoms. The highest BCUT2D eigenvalue weighted by Gasteiger charge is 2.16. The zero-order valence-corrected chi connectivity index (χ0v) is 13.6. The molecule has 1 aliphatic heterocycles. The van der Waals surface area contributed by atoms with Crippen LogP contribution in [0.4, 0.5) is 0 Å². The van der Waals surface area contributed by atoms with E-state index in [1.165, 1.54) is 22.1 Å². The van der Waals surface area contributed by atoms with Crippen molar-refractivity contribution in [2.45, 2.75) is 18.9 Å². The summed E-state index contributed by atoms with van der Waals surface area (Å²) in [4.78, 5) is 0. The van der Waals surface area contributed by atoms with Crippen molar-refractivity contribution < 1.29 is 5.11 Å². The fraction of sp³-hybridized carbons (Fsp3) is 0.182. The molecule has 0 aliphatic carbocycles. The van der Waals surface area contributed by atoms with Gasteiger partial charge >= 0.3 is 0 Å². The molecule has 0 spiro atoms. The normalized spacial score (nSPS) is 17.7.